The summed E-state index contributed by atoms with van der Waals surface area (Å²) in [6, 6.07) is 16.2. The Bertz CT molecular complexity index is 977. The standard InChI is InChI=1S/C26H30N2O3/c1-4-30-22-13-9-19(10-14-22)17-21-7-6-8-24-25(21)27-28(18(3)29)26(24)20-11-15-23(16-12-20)31-5-2/h9-17,24,26H,4-8H2,1-3H3. The second-order valence-electron chi connectivity index (χ2n) is 7.97. The molecule has 2 aliphatic rings. The van der Waals surface area contributed by atoms with Crippen LogP contribution in [0.4, 0.5) is 0 Å². The summed E-state index contributed by atoms with van der Waals surface area (Å²) in [5.74, 6) is 1.91. The van der Waals surface area contributed by atoms with E-state index in [9.17, 15) is 4.79 Å². The Kier molecular flexibility index (Phi) is 6.40. The summed E-state index contributed by atoms with van der Waals surface area (Å²) in [4.78, 5) is 12.5. The van der Waals surface area contributed by atoms with E-state index in [0.717, 1.165) is 47.6 Å². The quantitative estimate of drug-likeness (QED) is 0.611. The van der Waals surface area contributed by atoms with E-state index >= 15 is 0 Å². The smallest absolute Gasteiger partial charge is 0.240 e. The first-order valence-electron chi connectivity index (χ1n) is 11.2. The van der Waals surface area contributed by atoms with Crippen LogP contribution in [0.2, 0.25) is 0 Å². The fraction of sp³-hybridized carbons (Fsp3) is 0.385. The molecule has 1 heterocycles. The average molecular weight is 419 g/mol. The van der Waals surface area contributed by atoms with Gasteiger partial charge in [0, 0.05) is 12.8 Å². The Labute approximate surface area is 184 Å². The Balaban J connectivity index is 1.63. The van der Waals surface area contributed by atoms with Crippen molar-refractivity contribution in [3.05, 3.63) is 65.2 Å². The van der Waals surface area contributed by atoms with Gasteiger partial charge in [-0.15, -0.1) is 0 Å². The number of rotatable bonds is 6. The van der Waals surface area contributed by atoms with E-state index in [4.69, 9.17) is 14.6 Å². The predicted octanol–water partition coefficient (Wildman–Crippen LogP) is 5.63. The second-order valence-corrected chi connectivity index (χ2v) is 7.97. The molecule has 0 N–H and O–H groups in total. The van der Waals surface area contributed by atoms with Crippen LogP contribution in [-0.2, 0) is 4.79 Å². The molecule has 2 unspecified atom stereocenters. The molecule has 2 aromatic rings. The van der Waals surface area contributed by atoms with E-state index in [0.29, 0.717) is 13.2 Å². The van der Waals surface area contributed by atoms with Gasteiger partial charge >= 0.3 is 0 Å². The molecule has 0 radical (unpaired) electrons. The number of allylic oxidation sites excluding steroid dienone is 1. The fourth-order valence-electron chi connectivity index (χ4n) is 4.55. The molecule has 1 fully saturated rings. The van der Waals surface area contributed by atoms with Crippen LogP contribution in [0, 0.1) is 5.92 Å². The molecular formula is C26H30N2O3. The minimum Gasteiger partial charge on any atom is -0.494 e. The van der Waals surface area contributed by atoms with Crippen molar-refractivity contribution < 1.29 is 14.3 Å². The third-order valence-electron chi connectivity index (χ3n) is 5.89. The van der Waals surface area contributed by atoms with Gasteiger partial charge in [0.05, 0.1) is 25.0 Å². The average Bonchev–Trinajstić information content (AvgIpc) is 3.17. The topological polar surface area (TPSA) is 51.1 Å². The maximum Gasteiger partial charge on any atom is 0.240 e. The molecule has 31 heavy (non-hydrogen) atoms. The van der Waals surface area contributed by atoms with E-state index < -0.39 is 0 Å². The maximum atomic E-state index is 12.5. The highest BCUT2D eigenvalue weighted by molar-refractivity contribution is 6.08. The fourth-order valence-corrected chi connectivity index (χ4v) is 4.55. The molecule has 1 saturated carbocycles. The summed E-state index contributed by atoms with van der Waals surface area (Å²) in [6.45, 7) is 6.85. The monoisotopic (exact) mass is 418 g/mol. The molecule has 4 rings (SSSR count). The minimum atomic E-state index is -0.0628. The Morgan fingerprint density at radius 1 is 1.03 bits per heavy atom. The summed E-state index contributed by atoms with van der Waals surface area (Å²) in [5.41, 5.74) is 4.50. The summed E-state index contributed by atoms with van der Waals surface area (Å²) < 4.78 is 11.1. The highest BCUT2D eigenvalue weighted by atomic mass is 16.5. The lowest BCUT2D eigenvalue weighted by Crippen LogP contribution is -2.30. The first-order valence-corrected chi connectivity index (χ1v) is 11.2. The Hall–Kier alpha value is -3.08. The third-order valence-corrected chi connectivity index (χ3v) is 5.89. The lowest BCUT2D eigenvalue weighted by Gasteiger charge is -2.29. The first-order chi connectivity index (χ1) is 15.1. The zero-order valence-corrected chi connectivity index (χ0v) is 18.5. The lowest BCUT2D eigenvalue weighted by atomic mass is 9.77. The number of carbonyl (C=O) groups is 1. The van der Waals surface area contributed by atoms with Crippen molar-refractivity contribution in [3.8, 4) is 11.5 Å². The lowest BCUT2D eigenvalue weighted by molar-refractivity contribution is -0.131. The highest BCUT2D eigenvalue weighted by Gasteiger charge is 2.42. The van der Waals surface area contributed by atoms with Crippen molar-refractivity contribution in [2.24, 2.45) is 11.0 Å². The molecule has 5 nitrogen and oxygen atoms in total. The normalized spacial score (nSPS) is 21.6. The number of fused-ring (bicyclic) bond motifs is 1. The van der Waals surface area contributed by atoms with Gasteiger partial charge < -0.3 is 9.47 Å². The highest BCUT2D eigenvalue weighted by Crippen LogP contribution is 2.44. The number of carbonyl (C=O) groups excluding carboxylic acids is 1. The zero-order chi connectivity index (χ0) is 21.8. The van der Waals surface area contributed by atoms with E-state index in [1.807, 2.05) is 38.1 Å². The van der Waals surface area contributed by atoms with Gasteiger partial charge in [0.2, 0.25) is 5.91 Å². The van der Waals surface area contributed by atoms with Crippen molar-refractivity contribution in [1.82, 2.24) is 5.01 Å². The van der Waals surface area contributed by atoms with Gasteiger partial charge in [-0.3, -0.25) is 4.79 Å². The van der Waals surface area contributed by atoms with E-state index in [2.05, 4.69) is 30.3 Å². The van der Waals surface area contributed by atoms with Crippen LogP contribution in [-0.4, -0.2) is 29.8 Å². The van der Waals surface area contributed by atoms with E-state index in [1.54, 1.807) is 11.9 Å². The number of hydrogen-bond donors (Lipinski definition) is 0. The van der Waals surface area contributed by atoms with Crippen LogP contribution in [0.1, 0.15) is 57.2 Å². The third kappa shape index (κ3) is 4.50. The van der Waals surface area contributed by atoms with Crippen molar-refractivity contribution in [1.29, 1.82) is 0 Å². The van der Waals surface area contributed by atoms with E-state index in [-0.39, 0.29) is 17.9 Å². The molecule has 5 heteroatoms. The van der Waals surface area contributed by atoms with Crippen LogP contribution in [0.15, 0.2) is 59.2 Å². The summed E-state index contributed by atoms with van der Waals surface area (Å²) in [7, 11) is 0. The van der Waals surface area contributed by atoms with Gasteiger partial charge in [-0.2, -0.15) is 5.10 Å². The molecule has 0 spiro atoms. The van der Waals surface area contributed by atoms with Crippen LogP contribution in [0.25, 0.3) is 6.08 Å². The van der Waals surface area contributed by atoms with Gasteiger partial charge in [0.25, 0.3) is 0 Å². The number of hydrazone groups is 1. The number of hydrogen-bond acceptors (Lipinski definition) is 4. The molecule has 162 valence electrons. The van der Waals surface area contributed by atoms with Crippen molar-refractivity contribution in [2.75, 3.05) is 13.2 Å². The summed E-state index contributed by atoms with van der Waals surface area (Å²) in [6.07, 6.45) is 5.30. The second kappa shape index (κ2) is 9.38. The molecule has 2 atom stereocenters. The van der Waals surface area contributed by atoms with Gasteiger partial charge in [-0.05, 0) is 80.2 Å². The van der Waals surface area contributed by atoms with Crippen molar-refractivity contribution in [2.45, 2.75) is 46.1 Å². The predicted molar refractivity (Wildman–Crippen MR) is 123 cm³/mol. The van der Waals surface area contributed by atoms with E-state index in [1.165, 1.54) is 5.57 Å². The van der Waals surface area contributed by atoms with Crippen LogP contribution < -0.4 is 9.47 Å². The van der Waals surface area contributed by atoms with Gasteiger partial charge in [0.1, 0.15) is 11.5 Å². The molecule has 1 aliphatic heterocycles. The Morgan fingerprint density at radius 2 is 1.65 bits per heavy atom. The van der Waals surface area contributed by atoms with Crippen molar-refractivity contribution >= 4 is 17.7 Å². The maximum absolute atomic E-state index is 12.5. The number of ether oxygens (including phenoxy) is 2. The molecule has 1 amide bonds. The molecular weight excluding hydrogens is 388 g/mol. The molecule has 1 aliphatic carbocycles. The number of nitrogens with zero attached hydrogens (tertiary/aromatic N) is 2. The summed E-state index contributed by atoms with van der Waals surface area (Å²) in [5, 5.41) is 6.50. The van der Waals surface area contributed by atoms with Crippen LogP contribution in [0.3, 0.4) is 0 Å². The zero-order valence-electron chi connectivity index (χ0n) is 18.5. The van der Waals surface area contributed by atoms with Gasteiger partial charge in [-0.25, -0.2) is 5.01 Å². The number of amides is 1. The van der Waals surface area contributed by atoms with Crippen LogP contribution >= 0.6 is 0 Å². The largest absolute Gasteiger partial charge is 0.494 e. The Morgan fingerprint density at radius 3 is 2.23 bits per heavy atom. The minimum absolute atomic E-state index is 0.0267. The number of benzene rings is 2. The van der Waals surface area contributed by atoms with Gasteiger partial charge in [0.15, 0.2) is 0 Å². The van der Waals surface area contributed by atoms with Crippen LogP contribution in [0.5, 0.6) is 11.5 Å². The van der Waals surface area contributed by atoms with Crippen molar-refractivity contribution in [3.63, 3.8) is 0 Å². The molecule has 0 aromatic heterocycles. The molecule has 0 bridgehead atoms. The molecule has 2 aromatic carbocycles. The summed E-state index contributed by atoms with van der Waals surface area (Å²) >= 11 is 0. The first kappa shape index (κ1) is 21.2. The van der Waals surface area contributed by atoms with Gasteiger partial charge in [-0.1, -0.05) is 24.3 Å². The molecule has 0 saturated heterocycles. The SMILES string of the molecule is CCOc1ccc(C=C2CCCC3C2=NN(C(C)=O)C3c2ccc(OCC)cc2)cc1.